The van der Waals surface area contributed by atoms with Gasteiger partial charge in [-0.05, 0) is 23.8 Å². The second-order valence-electron chi connectivity index (χ2n) is 5.35. The van der Waals surface area contributed by atoms with Crippen molar-refractivity contribution >= 4 is 35.2 Å². The van der Waals surface area contributed by atoms with Crippen LogP contribution in [0.2, 0.25) is 5.02 Å². The standard InChI is InChI=1S/C18H16ClN5O2/c19-14-9-5-4-6-12(14)10-16(25)26-11-15-22-17(20)24-18(23-15)21-13-7-2-1-3-8-13/h1-9H,10-11H2,(H3,20,21,22,23,24). The SMILES string of the molecule is Nc1nc(COC(=O)Cc2ccccc2Cl)nc(Nc2ccccc2)n1. The summed E-state index contributed by atoms with van der Waals surface area (Å²) in [5.74, 6) is 0.134. The average Bonchev–Trinajstić information content (AvgIpc) is 2.62. The lowest BCUT2D eigenvalue weighted by molar-refractivity contribution is -0.144. The highest BCUT2D eigenvalue weighted by molar-refractivity contribution is 6.31. The molecule has 0 fully saturated rings. The minimum absolute atomic E-state index is 0.0376. The second-order valence-corrected chi connectivity index (χ2v) is 5.76. The van der Waals surface area contributed by atoms with Crippen LogP contribution in [0.1, 0.15) is 11.4 Å². The number of benzene rings is 2. The number of rotatable bonds is 6. The van der Waals surface area contributed by atoms with Crippen LogP contribution in [0.3, 0.4) is 0 Å². The van der Waals surface area contributed by atoms with Gasteiger partial charge in [-0.2, -0.15) is 15.0 Å². The number of aromatic nitrogens is 3. The molecule has 2 aromatic carbocycles. The van der Waals surface area contributed by atoms with Crippen molar-refractivity contribution in [1.29, 1.82) is 0 Å². The molecule has 0 unspecified atom stereocenters. The van der Waals surface area contributed by atoms with E-state index in [9.17, 15) is 4.79 Å². The van der Waals surface area contributed by atoms with Crippen LogP contribution in [0.4, 0.5) is 17.6 Å². The highest BCUT2D eigenvalue weighted by atomic mass is 35.5. The zero-order valence-corrected chi connectivity index (χ0v) is 14.5. The van der Waals surface area contributed by atoms with Crippen molar-refractivity contribution in [2.45, 2.75) is 13.0 Å². The minimum atomic E-state index is -0.436. The fourth-order valence-electron chi connectivity index (χ4n) is 2.20. The minimum Gasteiger partial charge on any atom is -0.457 e. The summed E-state index contributed by atoms with van der Waals surface area (Å²) in [7, 11) is 0. The number of hydrogen-bond donors (Lipinski definition) is 2. The molecule has 132 valence electrons. The molecule has 0 radical (unpaired) electrons. The van der Waals surface area contributed by atoms with E-state index in [0.29, 0.717) is 10.6 Å². The first-order valence-electron chi connectivity index (χ1n) is 7.81. The van der Waals surface area contributed by atoms with E-state index in [-0.39, 0.29) is 30.7 Å². The molecule has 1 heterocycles. The van der Waals surface area contributed by atoms with Crippen LogP contribution < -0.4 is 11.1 Å². The van der Waals surface area contributed by atoms with Crippen LogP contribution in [0, 0.1) is 0 Å². The number of hydrogen-bond acceptors (Lipinski definition) is 7. The maximum atomic E-state index is 12.0. The fraction of sp³-hybridized carbons (Fsp3) is 0.111. The molecule has 0 aliphatic carbocycles. The van der Waals surface area contributed by atoms with Gasteiger partial charge in [-0.15, -0.1) is 0 Å². The quantitative estimate of drug-likeness (QED) is 0.643. The van der Waals surface area contributed by atoms with Gasteiger partial charge < -0.3 is 15.8 Å². The molecule has 3 aromatic rings. The van der Waals surface area contributed by atoms with Crippen LogP contribution in [0.15, 0.2) is 54.6 Å². The largest absolute Gasteiger partial charge is 0.457 e. The molecule has 0 aliphatic heterocycles. The summed E-state index contributed by atoms with van der Waals surface area (Å²) in [6, 6.07) is 16.5. The van der Waals surface area contributed by atoms with E-state index in [1.807, 2.05) is 36.4 Å². The Kier molecular flexibility index (Phi) is 5.60. The third-order valence-electron chi connectivity index (χ3n) is 3.38. The normalized spacial score (nSPS) is 10.3. The van der Waals surface area contributed by atoms with Gasteiger partial charge in [0.2, 0.25) is 11.9 Å². The van der Waals surface area contributed by atoms with E-state index in [0.717, 1.165) is 5.69 Å². The first-order valence-corrected chi connectivity index (χ1v) is 8.19. The smallest absolute Gasteiger partial charge is 0.310 e. The number of carbonyl (C=O) groups excluding carboxylic acids is 1. The number of carbonyl (C=O) groups is 1. The van der Waals surface area contributed by atoms with Crippen molar-refractivity contribution in [3.8, 4) is 0 Å². The number of nitrogens with one attached hydrogen (secondary N) is 1. The number of halogens is 1. The summed E-state index contributed by atoms with van der Waals surface area (Å²) in [5.41, 5.74) is 7.20. The van der Waals surface area contributed by atoms with Crippen LogP contribution in [-0.2, 0) is 22.6 Å². The monoisotopic (exact) mass is 369 g/mol. The number of esters is 1. The molecule has 26 heavy (non-hydrogen) atoms. The van der Waals surface area contributed by atoms with Gasteiger partial charge in [0, 0.05) is 10.7 Å². The van der Waals surface area contributed by atoms with Gasteiger partial charge in [0.15, 0.2) is 12.4 Å². The molecule has 0 amide bonds. The maximum absolute atomic E-state index is 12.0. The van der Waals surface area contributed by atoms with Crippen molar-refractivity contribution < 1.29 is 9.53 Å². The van der Waals surface area contributed by atoms with Crippen LogP contribution >= 0.6 is 11.6 Å². The molecule has 0 aliphatic rings. The Morgan fingerprint density at radius 3 is 2.54 bits per heavy atom. The Hall–Kier alpha value is -3.19. The molecule has 0 saturated carbocycles. The number of nitrogens with two attached hydrogens (primary N) is 1. The zero-order valence-electron chi connectivity index (χ0n) is 13.7. The molecule has 1 aromatic heterocycles. The summed E-state index contributed by atoms with van der Waals surface area (Å²) in [6.07, 6.45) is 0.0648. The van der Waals surface area contributed by atoms with Crippen molar-refractivity contribution in [3.05, 3.63) is 71.0 Å². The van der Waals surface area contributed by atoms with E-state index in [1.54, 1.807) is 18.2 Å². The molecule has 0 atom stereocenters. The van der Waals surface area contributed by atoms with Crippen molar-refractivity contribution in [2.24, 2.45) is 0 Å². The van der Waals surface area contributed by atoms with E-state index in [1.165, 1.54) is 0 Å². The maximum Gasteiger partial charge on any atom is 0.310 e. The van der Waals surface area contributed by atoms with E-state index in [2.05, 4.69) is 20.3 Å². The Morgan fingerprint density at radius 1 is 1.04 bits per heavy atom. The fourth-order valence-corrected chi connectivity index (χ4v) is 2.40. The summed E-state index contributed by atoms with van der Waals surface area (Å²) in [5, 5.41) is 3.54. The molecule has 0 spiro atoms. The van der Waals surface area contributed by atoms with Gasteiger partial charge in [-0.25, -0.2) is 0 Å². The Bertz CT molecular complexity index is 905. The van der Waals surface area contributed by atoms with Gasteiger partial charge in [0.1, 0.15) is 0 Å². The van der Waals surface area contributed by atoms with Crippen LogP contribution in [0.5, 0.6) is 0 Å². The predicted molar refractivity (Wildman–Crippen MR) is 98.9 cm³/mol. The highest BCUT2D eigenvalue weighted by Gasteiger charge is 2.11. The number of ether oxygens (including phenoxy) is 1. The van der Waals surface area contributed by atoms with Crippen LogP contribution in [-0.4, -0.2) is 20.9 Å². The molecule has 3 N–H and O–H groups in total. The first-order chi connectivity index (χ1) is 12.6. The lowest BCUT2D eigenvalue weighted by Gasteiger charge is -2.08. The van der Waals surface area contributed by atoms with Crippen molar-refractivity contribution in [2.75, 3.05) is 11.1 Å². The van der Waals surface area contributed by atoms with Gasteiger partial charge in [-0.1, -0.05) is 48.0 Å². The van der Waals surface area contributed by atoms with Gasteiger partial charge >= 0.3 is 5.97 Å². The molecule has 0 saturated heterocycles. The second kappa shape index (κ2) is 8.26. The lowest BCUT2D eigenvalue weighted by Crippen LogP contribution is -2.12. The Morgan fingerprint density at radius 2 is 1.77 bits per heavy atom. The molecule has 0 bridgehead atoms. The zero-order chi connectivity index (χ0) is 18.4. The number of nitrogens with zero attached hydrogens (tertiary/aromatic N) is 3. The molecular weight excluding hydrogens is 354 g/mol. The van der Waals surface area contributed by atoms with E-state index >= 15 is 0 Å². The Balaban J connectivity index is 1.62. The average molecular weight is 370 g/mol. The third-order valence-corrected chi connectivity index (χ3v) is 3.75. The topological polar surface area (TPSA) is 103 Å². The number of nitrogen functional groups attached to an aromatic ring is 1. The number of anilines is 3. The molecule has 8 heteroatoms. The van der Waals surface area contributed by atoms with E-state index < -0.39 is 5.97 Å². The third kappa shape index (κ3) is 4.90. The molecular formula is C18H16ClN5O2. The summed E-state index contributed by atoms with van der Waals surface area (Å²) in [4.78, 5) is 24.2. The summed E-state index contributed by atoms with van der Waals surface area (Å²) >= 11 is 6.04. The summed E-state index contributed by atoms with van der Waals surface area (Å²) in [6.45, 7) is -0.112. The van der Waals surface area contributed by atoms with Gasteiger partial charge in [0.05, 0.1) is 6.42 Å². The highest BCUT2D eigenvalue weighted by Crippen LogP contribution is 2.16. The first kappa shape index (κ1) is 17.6. The molecule has 7 nitrogen and oxygen atoms in total. The van der Waals surface area contributed by atoms with Crippen molar-refractivity contribution in [1.82, 2.24) is 15.0 Å². The number of para-hydroxylation sites is 1. The van der Waals surface area contributed by atoms with Crippen molar-refractivity contribution in [3.63, 3.8) is 0 Å². The van der Waals surface area contributed by atoms with E-state index in [4.69, 9.17) is 22.1 Å². The van der Waals surface area contributed by atoms with Gasteiger partial charge in [-0.3, -0.25) is 4.79 Å². The van der Waals surface area contributed by atoms with Crippen LogP contribution in [0.25, 0.3) is 0 Å². The summed E-state index contributed by atoms with van der Waals surface area (Å²) < 4.78 is 5.21. The van der Waals surface area contributed by atoms with Gasteiger partial charge in [0.25, 0.3) is 0 Å². The molecule has 3 rings (SSSR count). The Labute approximate surface area is 155 Å². The predicted octanol–water partition coefficient (Wildman–Crippen LogP) is 3.14. The lowest BCUT2D eigenvalue weighted by atomic mass is 10.1.